The zero-order valence-electron chi connectivity index (χ0n) is 8.69. The normalized spacial score (nSPS) is 13.4. The van der Waals surface area contributed by atoms with Gasteiger partial charge in [0.25, 0.3) is 0 Å². The van der Waals surface area contributed by atoms with E-state index in [9.17, 15) is 5.11 Å². The molecule has 1 atom stereocenters. The van der Waals surface area contributed by atoms with Crippen molar-refractivity contribution in [1.82, 2.24) is 4.90 Å². The van der Waals surface area contributed by atoms with Crippen molar-refractivity contribution in [3.05, 3.63) is 21.3 Å². The summed E-state index contributed by atoms with van der Waals surface area (Å²) in [6.07, 6.45) is 0.205. The van der Waals surface area contributed by atoms with E-state index in [4.69, 9.17) is 16.7 Å². The maximum Gasteiger partial charge on any atom is 0.0932 e. The molecule has 1 rings (SSSR count). The molecule has 0 aliphatic heterocycles. The number of nitrogens with zero attached hydrogens (tertiary/aromatic N) is 1. The second-order valence-electron chi connectivity index (χ2n) is 3.47. The fourth-order valence-electron chi connectivity index (χ4n) is 1.27. The SMILES string of the molecule is CN(CCO)CCC(O)c1ccc(Cl)s1. The smallest absolute Gasteiger partial charge is 0.0932 e. The van der Waals surface area contributed by atoms with Gasteiger partial charge in [-0.15, -0.1) is 11.3 Å². The third-order valence-corrected chi connectivity index (χ3v) is 3.52. The maximum atomic E-state index is 9.81. The maximum absolute atomic E-state index is 9.81. The van der Waals surface area contributed by atoms with Gasteiger partial charge in [-0.05, 0) is 25.6 Å². The van der Waals surface area contributed by atoms with Crippen molar-refractivity contribution < 1.29 is 10.2 Å². The first kappa shape index (κ1) is 12.9. The van der Waals surface area contributed by atoms with Gasteiger partial charge in [0.2, 0.25) is 0 Å². The molecule has 1 aromatic heterocycles. The van der Waals surface area contributed by atoms with Gasteiger partial charge >= 0.3 is 0 Å². The van der Waals surface area contributed by atoms with Gasteiger partial charge in [-0.25, -0.2) is 0 Å². The first-order chi connectivity index (χ1) is 7.13. The second-order valence-corrected chi connectivity index (χ2v) is 5.22. The van der Waals surface area contributed by atoms with Gasteiger partial charge in [-0.3, -0.25) is 0 Å². The molecule has 86 valence electrons. The lowest BCUT2D eigenvalue weighted by Gasteiger charge is -2.16. The van der Waals surface area contributed by atoms with Crippen molar-refractivity contribution >= 4 is 22.9 Å². The highest BCUT2D eigenvalue weighted by Crippen LogP contribution is 2.28. The summed E-state index contributed by atoms with van der Waals surface area (Å²) >= 11 is 7.19. The molecule has 3 nitrogen and oxygen atoms in total. The molecule has 5 heteroatoms. The van der Waals surface area contributed by atoms with Crippen molar-refractivity contribution in [2.75, 3.05) is 26.7 Å². The third-order valence-electron chi connectivity index (χ3n) is 2.19. The Balaban J connectivity index is 2.33. The van der Waals surface area contributed by atoms with Crippen molar-refractivity contribution in [3.8, 4) is 0 Å². The first-order valence-electron chi connectivity index (χ1n) is 4.86. The summed E-state index contributed by atoms with van der Waals surface area (Å²) in [4.78, 5) is 2.88. The molecule has 2 N–H and O–H groups in total. The standard InChI is InChI=1S/C10H16ClNO2S/c1-12(6-7-13)5-4-8(14)9-2-3-10(11)15-9/h2-3,8,13-14H,4-7H2,1H3. The van der Waals surface area contributed by atoms with Crippen LogP contribution in [0.2, 0.25) is 4.34 Å². The minimum Gasteiger partial charge on any atom is -0.395 e. The average Bonchev–Trinajstić information content (AvgIpc) is 2.62. The van der Waals surface area contributed by atoms with Gasteiger partial charge in [0.05, 0.1) is 17.0 Å². The van der Waals surface area contributed by atoms with Crippen molar-refractivity contribution in [1.29, 1.82) is 0 Å². The van der Waals surface area contributed by atoms with Crippen molar-refractivity contribution in [2.45, 2.75) is 12.5 Å². The van der Waals surface area contributed by atoms with Gasteiger partial charge < -0.3 is 15.1 Å². The van der Waals surface area contributed by atoms with E-state index in [0.717, 1.165) is 11.4 Å². The van der Waals surface area contributed by atoms with Crippen LogP contribution in [0.5, 0.6) is 0 Å². The van der Waals surface area contributed by atoms with Crippen LogP contribution in [0.4, 0.5) is 0 Å². The molecule has 0 bridgehead atoms. The number of aliphatic hydroxyl groups excluding tert-OH is 2. The van der Waals surface area contributed by atoms with E-state index in [1.165, 1.54) is 11.3 Å². The Labute approximate surface area is 98.9 Å². The van der Waals surface area contributed by atoms with Gasteiger partial charge in [0, 0.05) is 18.0 Å². The summed E-state index contributed by atoms with van der Waals surface area (Å²) in [5.74, 6) is 0. The van der Waals surface area contributed by atoms with E-state index in [0.29, 0.717) is 17.3 Å². The highest BCUT2D eigenvalue weighted by Gasteiger charge is 2.10. The molecular formula is C10H16ClNO2S. The van der Waals surface area contributed by atoms with Gasteiger partial charge in [0.15, 0.2) is 0 Å². The third kappa shape index (κ3) is 4.49. The molecule has 0 amide bonds. The molecule has 0 fully saturated rings. The molecule has 15 heavy (non-hydrogen) atoms. The van der Waals surface area contributed by atoms with Crippen LogP contribution in [0.15, 0.2) is 12.1 Å². The van der Waals surface area contributed by atoms with Gasteiger partial charge in [-0.2, -0.15) is 0 Å². The molecule has 1 unspecified atom stereocenters. The zero-order valence-corrected chi connectivity index (χ0v) is 10.3. The van der Waals surface area contributed by atoms with Crippen LogP contribution in [-0.4, -0.2) is 41.9 Å². The Morgan fingerprint density at radius 1 is 1.47 bits per heavy atom. The van der Waals surface area contributed by atoms with E-state index in [1.807, 2.05) is 18.0 Å². The Morgan fingerprint density at radius 3 is 2.73 bits per heavy atom. The van der Waals surface area contributed by atoms with Crippen molar-refractivity contribution in [3.63, 3.8) is 0 Å². The fourth-order valence-corrected chi connectivity index (χ4v) is 2.36. The number of aliphatic hydroxyl groups is 2. The van der Waals surface area contributed by atoms with Crippen molar-refractivity contribution in [2.24, 2.45) is 0 Å². The summed E-state index contributed by atoms with van der Waals surface area (Å²) in [5.41, 5.74) is 0. The minimum absolute atomic E-state index is 0.150. The Bertz CT molecular complexity index is 293. The van der Waals surface area contributed by atoms with E-state index in [-0.39, 0.29) is 6.61 Å². The largest absolute Gasteiger partial charge is 0.395 e. The minimum atomic E-state index is -0.455. The highest BCUT2D eigenvalue weighted by atomic mass is 35.5. The molecule has 0 saturated carbocycles. The van der Waals surface area contributed by atoms with Crippen LogP contribution in [-0.2, 0) is 0 Å². The average molecular weight is 250 g/mol. The predicted octanol–water partition coefficient (Wildman–Crippen LogP) is 1.75. The summed E-state index contributed by atoms with van der Waals surface area (Å²) in [6.45, 7) is 1.55. The molecular weight excluding hydrogens is 234 g/mol. The van der Waals surface area contributed by atoms with E-state index in [2.05, 4.69) is 0 Å². The Hall–Kier alpha value is -0.130. The van der Waals surface area contributed by atoms with Crippen LogP contribution in [0, 0.1) is 0 Å². The highest BCUT2D eigenvalue weighted by molar-refractivity contribution is 7.16. The molecule has 0 aliphatic rings. The topological polar surface area (TPSA) is 43.7 Å². The van der Waals surface area contributed by atoms with E-state index >= 15 is 0 Å². The summed E-state index contributed by atoms with van der Waals surface area (Å²) in [7, 11) is 1.92. The number of halogens is 1. The van der Waals surface area contributed by atoms with Crippen LogP contribution >= 0.6 is 22.9 Å². The van der Waals surface area contributed by atoms with E-state index in [1.54, 1.807) is 6.07 Å². The number of likely N-dealkylation sites (N-methyl/N-ethyl adjacent to an activating group) is 1. The molecule has 0 aliphatic carbocycles. The number of thiophene rings is 1. The molecule has 0 radical (unpaired) electrons. The summed E-state index contributed by atoms with van der Waals surface area (Å²) in [6, 6.07) is 3.64. The van der Waals surface area contributed by atoms with Gasteiger partial charge in [-0.1, -0.05) is 11.6 Å². The van der Waals surface area contributed by atoms with E-state index < -0.39 is 6.10 Å². The molecule has 0 spiro atoms. The molecule has 1 aromatic rings. The molecule has 0 aromatic carbocycles. The van der Waals surface area contributed by atoms with Crippen LogP contribution < -0.4 is 0 Å². The summed E-state index contributed by atoms with van der Waals surface area (Å²) < 4.78 is 0.702. The lowest BCUT2D eigenvalue weighted by Crippen LogP contribution is -2.24. The lowest BCUT2D eigenvalue weighted by atomic mass is 10.2. The van der Waals surface area contributed by atoms with Gasteiger partial charge in [0.1, 0.15) is 0 Å². The Kier molecular flexibility index (Phi) is 5.56. The number of rotatable bonds is 6. The quantitative estimate of drug-likeness (QED) is 0.807. The first-order valence-corrected chi connectivity index (χ1v) is 6.05. The zero-order chi connectivity index (χ0) is 11.3. The fraction of sp³-hybridized carbons (Fsp3) is 0.600. The monoisotopic (exact) mass is 249 g/mol. The lowest BCUT2D eigenvalue weighted by molar-refractivity contribution is 0.144. The van der Waals surface area contributed by atoms with Crippen LogP contribution in [0.3, 0.4) is 0 Å². The predicted molar refractivity (Wildman–Crippen MR) is 63.5 cm³/mol. The Morgan fingerprint density at radius 2 is 2.20 bits per heavy atom. The number of hydrogen-bond acceptors (Lipinski definition) is 4. The second kappa shape index (κ2) is 6.45. The van der Waals surface area contributed by atoms with Crippen LogP contribution in [0.1, 0.15) is 17.4 Å². The molecule has 0 saturated heterocycles. The number of hydrogen-bond donors (Lipinski definition) is 2. The summed E-state index contributed by atoms with van der Waals surface area (Å²) in [5, 5.41) is 18.5. The van der Waals surface area contributed by atoms with Crippen LogP contribution in [0.25, 0.3) is 0 Å². The molecule has 1 heterocycles.